The second kappa shape index (κ2) is 5.17. The molecule has 0 amide bonds. The van der Waals surface area contributed by atoms with Crippen molar-refractivity contribution in [2.45, 2.75) is 30.5 Å². The summed E-state index contributed by atoms with van der Waals surface area (Å²) in [7, 11) is -3.72. The lowest BCUT2D eigenvalue weighted by Gasteiger charge is -2.07. The number of H-pyrrole nitrogens is 1. The molecule has 0 unspecified atom stereocenters. The molecule has 3 N–H and O–H groups in total. The first-order valence-corrected chi connectivity index (χ1v) is 7.67. The van der Waals surface area contributed by atoms with Gasteiger partial charge in [0.05, 0.1) is 24.3 Å². The maximum Gasteiger partial charge on any atom is 0.279 e. The zero-order chi connectivity index (χ0) is 14.0. The normalized spacial score (nSPS) is 15.2. The van der Waals surface area contributed by atoms with Gasteiger partial charge in [-0.3, -0.25) is 9.82 Å². The van der Waals surface area contributed by atoms with Gasteiger partial charge in [0.1, 0.15) is 6.33 Å². The molecule has 0 spiro atoms. The Morgan fingerprint density at radius 3 is 2.70 bits per heavy atom. The topological polar surface area (TPSA) is 113 Å². The summed E-state index contributed by atoms with van der Waals surface area (Å²) in [5.41, 5.74) is 0.921. The molecule has 9 heteroatoms. The summed E-state index contributed by atoms with van der Waals surface area (Å²) in [4.78, 5) is 7.53. The van der Waals surface area contributed by atoms with E-state index in [2.05, 4.69) is 30.2 Å². The van der Waals surface area contributed by atoms with Gasteiger partial charge in [0.2, 0.25) is 0 Å². The molecule has 2 aromatic heterocycles. The van der Waals surface area contributed by atoms with Crippen molar-refractivity contribution in [3.8, 4) is 0 Å². The van der Waals surface area contributed by atoms with Crippen molar-refractivity contribution in [1.82, 2.24) is 25.5 Å². The zero-order valence-electron chi connectivity index (χ0n) is 10.6. The minimum atomic E-state index is -3.72. The summed E-state index contributed by atoms with van der Waals surface area (Å²) in [5, 5.41) is 9.66. The predicted octanol–water partition coefficient (Wildman–Crippen LogP) is 0.252. The zero-order valence-corrected chi connectivity index (χ0v) is 11.4. The van der Waals surface area contributed by atoms with Crippen molar-refractivity contribution in [2.75, 3.05) is 4.72 Å². The number of rotatable bonds is 6. The van der Waals surface area contributed by atoms with E-state index in [0.29, 0.717) is 23.8 Å². The summed E-state index contributed by atoms with van der Waals surface area (Å²) in [6.45, 7) is 0.475. The molecule has 1 fully saturated rings. The second-order valence-corrected chi connectivity index (χ2v) is 6.23. The van der Waals surface area contributed by atoms with E-state index in [1.165, 1.54) is 24.9 Å². The lowest BCUT2D eigenvalue weighted by Crippen LogP contribution is -2.20. The molecule has 0 aliphatic heterocycles. The number of aromatic amines is 1. The molecule has 20 heavy (non-hydrogen) atoms. The van der Waals surface area contributed by atoms with Crippen LogP contribution >= 0.6 is 0 Å². The smallest absolute Gasteiger partial charge is 0.279 e. The Balaban J connectivity index is 1.78. The van der Waals surface area contributed by atoms with Crippen LogP contribution in [0.2, 0.25) is 0 Å². The Hall–Kier alpha value is -2.00. The fraction of sp³-hybridized carbons (Fsp3) is 0.364. The van der Waals surface area contributed by atoms with Gasteiger partial charge in [-0.25, -0.2) is 9.97 Å². The number of aromatic nitrogens is 4. The van der Waals surface area contributed by atoms with Gasteiger partial charge in [-0.2, -0.15) is 13.5 Å². The highest BCUT2D eigenvalue weighted by Crippen LogP contribution is 2.21. The summed E-state index contributed by atoms with van der Waals surface area (Å²) in [5.74, 6) is 0. The minimum absolute atomic E-state index is 0.0644. The van der Waals surface area contributed by atoms with Crippen LogP contribution in [0.1, 0.15) is 18.4 Å². The van der Waals surface area contributed by atoms with E-state index in [0.717, 1.165) is 12.8 Å². The molecule has 0 saturated heterocycles. The Morgan fingerprint density at radius 2 is 2.00 bits per heavy atom. The third-order valence-electron chi connectivity index (χ3n) is 2.92. The van der Waals surface area contributed by atoms with Crippen molar-refractivity contribution in [1.29, 1.82) is 0 Å². The fourth-order valence-corrected chi connectivity index (χ4v) is 2.92. The van der Waals surface area contributed by atoms with E-state index in [9.17, 15) is 8.42 Å². The molecule has 106 valence electrons. The molecule has 1 saturated carbocycles. The van der Waals surface area contributed by atoms with Crippen molar-refractivity contribution in [3.63, 3.8) is 0 Å². The van der Waals surface area contributed by atoms with Crippen LogP contribution in [0.4, 0.5) is 5.69 Å². The molecule has 8 nitrogen and oxygen atoms in total. The van der Waals surface area contributed by atoms with Crippen molar-refractivity contribution >= 4 is 15.7 Å². The number of hydrogen-bond acceptors (Lipinski definition) is 6. The van der Waals surface area contributed by atoms with Crippen LogP contribution in [0.3, 0.4) is 0 Å². The van der Waals surface area contributed by atoms with Crippen LogP contribution in [0.15, 0.2) is 29.9 Å². The highest BCUT2D eigenvalue weighted by Gasteiger charge is 2.24. The monoisotopic (exact) mass is 294 g/mol. The lowest BCUT2D eigenvalue weighted by molar-refractivity contribution is 0.593. The number of sulfonamides is 1. The van der Waals surface area contributed by atoms with Crippen LogP contribution in [0.25, 0.3) is 0 Å². The van der Waals surface area contributed by atoms with E-state index in [4.69, 9.17) is 0 Å². The van der Waals surface area contributed by atoms with Gasteiger partial charge in [0, 0.05) is 18.2 Å². The summed E-state index contributed by atoms with van der Waals surface area (Å²) in [6.07, 6.45) is 7.91. The van der Waals surface area contributed by atoms with E-state index >= 15 is 0 Å². The van der Waals surface area contributed by atoms with Crippen LogP contribution in [-0.4, -0.2) is 34.6 Å². The van der Waals surface area contributed by atoms with Crippen molar-refractivity contribution in [3.05, 3.63) is 30.5 Å². The molecular weight excluding hydrogens is 280 g/mol. The van der Waals surface area contributed by atoms with Crippen LogP contribution in [0, 0.1) is 0 Å². The molecule has 1 aliphatic rings. The van der Waals surface area contributed by atoms with Gasteiger partial charge in [-0.15, -0.1) is 0 Å². The second-order valence-electron chi connectivity index (χ2n) is 4.61. The third-order valence-corrected chi connectivity index (χ3v) is 4.31. The molecule has 0 aromatic carbocycles. The third kappa shape index (κ3) is 2.94. The van der Waals surface area contributed by atoms with Gasteiger partial charge < -0.3 is 5.32 Å². The molecular formula is C11H14N6O2S. The summed E-state index contributed by atoms with van der Waals surface area (Å²) < 4.78 is 27.0. The lowest BCUT2D eigenvalue weighted by atomic mass is 10.3. The highest BCUT2D eigenvalue weighted by atomic mass is 32.2. The van der Waals surface area contributed by atoms with Crippen LogP contribution in [0.5, 0.6) is 0 Å². The van der Waals surface area contributed by atoms with Gasteiger partial charge >= 0.3 is 0 Å². The standard InChI is InChI=1S/C11H14N6O2S/c18-20(19,17-10-5-12-7-13-6-10)11-8(4-15-16-11)3-14-9-1-2-9/h4-7,9,14,17H,1-3H2,(H,15,16). The van der Waals surface area contributed by atoms with E-state index in [1.54, 1.807) is 0 Å². The molecule has 0 bridgehead atoms. The van der Waals surface area contributed by atoms with E-state index in [-0.39, 0.29) is 5.03 Å². The number of hydrogen-bond donors (Lipinski definition) is 3. The van der Waals surface area contributed by atoms with E-state index < -0.39 is 10.0 Å². The first-order valence-electron chi connectivity index (χ1n) is 6.18. The molecule has 2 aromatic rings. The Bertz CT molecular complexity index is 680. The van der Waals surface area contributed by atoms with Crippen molar-refractivity contribution in [2.24, 2.45) is 0 Å². The average Bonchev–Trinajstić information content (AvgIpc) is 3.13. The molecule has 0 radical (unpaired) electrons. The Labute approximate surface area is 116 Å². The number of anilines is 1. The Morgan fingerprint density at radius 1 is 1.25 bits per heavy atom. The quantitative estimate of drug-likeness (QED) is 0.704. The van der Waals surface area contributed by atoms with Gasteiger partial charge in [0.25, 0.3) is 10.0 Å². The largest absolute Gasteiger partial charge is 0.310 e. The van der Waals surface area contributed by atoms with Gasteiger partial charge in [-0.05, 0) is 12.8 Å². The average molecular weight is 294 g/mol. The minimum Gasteiger partial charge on any atom is -0.310 e. The maximum atomic E-state index is 12.3. The predicted molar refractivity (Wildman–Crippen MR) is 71.3 cm³/mol. The SMILES string of the molecule is O=S(=O)(Nc1cncnc1)c1[nH]ncc1CNC1CC1. The van der Waals surface area contributed by atoms with Crippen LogP contribution in [-0.2, 0) is 16.6 Å². The first kappa shape index (κ1) is 13.0. The fourth-order valence-electron chi connectivity index (χ4n) is 1.76. The number of nitrogens with one attached hydrogen (secondary N) is 3. The van der Waals surface area contributed by atoms with Crippen molar-refractivity contribution < 1.29 is 8.42 Å². The number of nitrogens with zero attached hydrogens (tertiary/aromatic N) is 3. The summed E-state index contributed by atoms with van der Waals surface area (Å²) >= 11 is 0. The molecule has 2 heterocycles. The molecule has 0 atom stereocenters. The van der Waals surface area contributed by atoms with Gasteiger partial charge in [-0.1, -0.05) is 0 Å². The highest BCUT2D eigenvalue weighted by molar-refractivity contribution is 7.92. The maximum absolute atomic E-state index is 12.3. The molecule has 3 rings (SSSR count). The first-order chi connectivity index (χ1) is 9.65. The molecule has 1 aliphatic carbocycles. The van der Waals surface area contributed by atoms with Crippen LogP contribution < -0.4 is 10.0 Å². The Kier molecular flexibility index (Phi) is 3.36. The summed E-state index contributed by atoms with van der Waals surface area (Å²) in [6, 6.07) is 0.496. The van der Waals surface area contributed by atoms with E-state index in [1.807, 2.05) is 0 Å². The van der Waals surface area contributed by atoms with Gasteiger partial charge in [0.15, 0.2) is 5.03 Å².